The number of carbonyl (C=O) groups is 3. The largest absolute Gasteiger partial charge is 0.545 e. The third kappa shape index (κ3) is 73.5. The average molecular weight is 1270 g/mol. The van der Waals surface area contributed by atoms with Crippen molar-refractivity contribution in [1.29, 1.82) is 0 Å². The number of hydrogen-bond donors (Lipinski definition) is 0. The van der Waals surface area contributed by atoms with Crippen LogP contribution in [0.4, 0.5) is 0 Å². The zero-order chi connectivity index (χ0) is 66.1. The van der Waals surface area contributed by atoms with Gasteiger partial charge < -0.3 is 33.3 Å². The highest BCUT2D eigenvalue weighted by atomic mass is 16.7. The molecule has 2 unspecified atom stereocenters. The van der Waals surface area contributed by atoms with E-state index in [1.807, 2.05) is 21.1 Å². The minimum atomic E-state index is -1.63. The molecule has 0 bridgehead atoms. The number of likely N-dealkylation sites (N-methyl/N-ethyl adjacent to an activating group) is 1. The number of aliphatic carboxylic acids is 1. The lowest BCUT2D eigenvalue weighted by atomic mass is 10.0. The maximum atomic E-state index is 13.0. The predicted octanol–water partition coefficient (Wildman–Crippen LogP) is 23.0. The molecule has 0 aromatic carbocycles. The quantitative estimate of drug-likeness (QED) is 0.0195. The summed E-state index contributed by atoms with van der Waals surface area (Å²) in [5, 5.41) is 11.8. The van der Waals surface area contributed by atoms with Gasteiger partial charge >= 0.3 is 11.9 Å². The summed E-state index contributed by atoms with van der Waals surface area (Å²) in [6, 6.07) is 0. The number of quaternary nitrogens is 1. The van der Waals surface area contributed by atoms with Crippen LogP contribution >= 0.6 is 0 Å². The van der Waals surface area contributed by atoms with Gasteiger partial charge in [-0.25, -0.2) is 0 Å². The maximum Gasteiger partial charge on any atom is 0.306 e. The van der Waals surface area contributed by atoms with E-state index in [4.69, 9.17) is 18.9 Å². The van der Waals surface area contributed by atoms with E-state index in [1.54, 1.807) is 0 Å². The molecule has 0 spiro atoms. The van der Waals surface area contributed by atoms with Crippen molar-refractivity contribution in [2.24, 2.45) is 0 Å². The molecule has 9 heteroatoms. The first kappa shape index (κ1) is 87.2. The maximum absolute atomic E-state index is 13.0. The van der Waals surface area contributed by atoms with Crippen LogP contribution in [0.3, 0.4) is 0 Å². The molecule has 526 valence electrons. The number of hydrogen-bond acceptors (Lipinski definition) is 8. The molecule has 0 heterocycles. The van der Waals surface area contributed by atoms with Crippen molar-refractivity contribution in [3.63, 3.8) is 0 Å². The van der Waals surface area contributed by atoms with E-state index in [0.717, 1.165) is 77.0 Å². The smallest absolute Gasteiger partial charge is 0.306 e. The van der Waals surface area contributed by atoms with Crippen LogP contribution in [0.1, 0.15) is 348 Å². The summed E-state index contributed by atoms with van der Waals surface area (Å²) in [5.74, 6) is -2.27. The predicted molar refractivity (Wildman–Crippen MR) is 389 cm³/mol. The molecule has 0 N–H and O–H groups in total. The van der Waals surface area contributed by atoms with Gasteiger partial charge in [-0.2, -0.15) is 0 Å². The van der Waals surface area contributed by atoms with Crippen molar-refractivity contribution in [3.8, 4) is 0 Å². The fraction of sp³-hybridized carbons (Fsp3) is 0.768. The highest BCUT2D eigenvalue weighted by Gasteiger charge is 2.22. The van der Waals surface area contributed by atoms with Crippen LogP contribution in [0, 0.1) is 0 Å². The molecule has 0 saturated heterocycles. The second-order valence-corrected chi connectivity index (χ2v) is 26.9. The van der Waals surface area contributed by atoms with Gasteiger partial charge in [0.05, 0.1) is 40.3 Å². The summed E-state index contributed by atoms with van der Waals surface area (Å²) in [6.07, 6.45) is 96.6. The molecule has 2 atom stereocenters. The van der Waals surface area contributed by atoms with Gasteiger partial charge in [0, 0.05) is 12.8 Å². The Bertz CT molecular complexity index is 1820. The van der Waals surface area contributed by atoms with Gasteiger partial charge in [-0.1, -0.05) is 336 Å². The summed E-state index contributed by atoms with van der Waals surface area (Å²) in [4.78, 5) is 37.5. The summed E-state index contributed by atoms with van der Waals surface area (Å²) < 4.78 is 22.8. The molecular formula is C82H145NO8. The van der Waals surface area contributed by atoms with Crippen LogP contribution in [0.25, 0.3) is 0 Å². The number of carboxylic acid groups (broad SMARTS) is 1. The Labute approximate surface area is 562 Å². The molecule has 0 amide bonds. The summed E-state index contributed by atoms with van der Waals surface area (Å²) in [5.41, 5.74) is 0. The van der Waals surface area contributed by atoms with E-state index >= 15 is 0 Å². The van der Waals surface area contributed by atoms with Crippen molar-refractivity contribution >= 4 is 17.9 Å². The molecule has 0 fully saturated rings. The number of esters is 2. The van der Waals surface area contributed by atoms with Crippen molar-refractivity contribution in [1.82, 2.24) is 0 Å². The molecule has 0 aliphatic rings. The lowest BCUT2D eigenvalue weighted by Gasteiger charge is -2.26. The number of ether oxygens (including phenoxy) is 4. The number of unbranched alkanes of at least 4 members (excludes halogenated alkanes) is 40. The molecule has 0 aromatic rings. The molecule has 0 radical (unpaired) electrons. The van der Waals surface area contributed by atoms with Gasteiger partial charge in [-0.15, -0.1) is 0 Å². The standard InChI is InChI=1S/C82H145NO8/c1-6-8-10-12-14-16-18-20-22-24-26-28-30-32-33-34-35-36-37-38-39-40-41-42-43-44-45-46-47-49-51-53-55-57-59-61-63-65-67-69-71-73-80(85)91-78(77-90-82(81(86)87)88-75-74-83(3,4)5)76-89-79(84)72-70-68-66-64-62-60-58-56-54-52-50-48-31-29-27-25-23-21-19-17-15-13-11-9-7-2/h8,10,14,16,19-22,25-28,31-33,48,78,82H,6-7,9,11-13,15,17-18,23-24,29-30,34-47,49-77H2,1-5H3/b10-8-,16-14-,21-19-,22-20-,27-25-,28-26-,33-32-,48-31-. The highest BCUT2D eigenvalue weighted by molar-refractivity contribution is 5.70. The minimum Gasteiger partial charge on any atom is -0.545 e. The third-order valence-corrected chi connectivity index (χ3v) is 16.8. The molecular weight excluding hydrogens is 1130 g/mol. The van der Waals surface area contributed by atoms with E-state index in [9.17, 15) is 19.5 Å². The van der Waals surface area contributed by atoms with E-state index < -0.39 is 24.3 Å². The van der Waals surface area contributed by atoms with Gasteiger partial charge in [0.2, 0.25) is 0 Å². The monoisotopic (exact) mass is 1270 g/mol. The van der Waals surface area contributed by atoms with E-state index in [2.05, 4.69) is 111 Å². The molecule has 0 aliphatic heterocycles. The van der Waals surface area contributed by atoms with Crippen molar-refractivity contribution < 1.29 is 42.9 Å². The summed E-state index contributed by atoms with van der Waals surface area (Å²) >= 11 is 0. The van der Waals surface area contributed by atoms with Crippen molar-refractivity contribution in [2.75, 3.05) is 47.5 Å². The first-order valence-electron chi connectivity index (χ1n) is 38.4. The Morgan fingerprint density at radius 1 is 0.341 bits per heavy atom. The number of allylic oxidation sites excluding steroid dienone is 16. The Balaban J connectivity index is 3.99. The fourth-order valence-electron chi connectivity index (χ4n) is 11.0. The van der Waals surface area contributed by atoms with Gasteiger partial charge in [0.25, 0.3) is 0 Å². The zero-order valence-corrected chi connectivity index (χ0v) is 60.2. The van der Waals surface area contributed by atoms with Gasteiger partial charge in [0.15, 0.2) is 12.4 Å². The molecule has 0 saturated carbocycles. The lowest BCUT2D eigenvalue weighted by molar-refractivity contribution is -0.870. The first-order chi connectivity index (χ1) is 44.6. The van der Waals surface area contributed by atoms with Crippen LogP contribution in [0.2, 0.25) is 0 Å². The van der Waals surface area contributed by atoms with Crippen molar-refractivity contribution in [3.05, 3.63) is 97.2 Å². The zero-order valence-electron chi connectivity index (χ0n) is 60.2. The summed E-state index contributed by atoms with van der Waals surface area (Å²) in [7, 11) is 5.94. The number of carbonyl (C=O) groups excluding carboxylic acids is 3. The average Bonchev–Trinajstić information content (AvgIpc) is 3.53. The van der Waals surface area contributed by atoms with E-state index in [-0.39, 0.29) is 38.6 Å². The van der Waals surface area contributed by atoms with Crippen LogP contribution in [0.15, 0.2) is 97.2 Å². The topological polar surface area (TPSA) is 111 Å². The summed E-state index contributed by atoms with van der Waals surface area (Å²) in [6.45, 7) is 4.66. The molecule has 0 rings (SSSR count). The number of nitrogens with zero attached hydrogens (tertiary/aromatic N) is 1. The van der Waals surface area contributed by atoms with Crippen LogP contribution in [0.5, 0.6) is 0 Å². The number of rotatable bonds is 71. The number of carboxylic acids is 1. The molecule has 9 nitrogen and oxygen atoms in total. The first-order valence-corrected chi connectivity index (χ1v) is 38.4. The minimum absolute atomic E-state index is 0.146. The van der Waals surface area contributed by atoms with Gasteiger partial charge in [0.1, 0.15) is 13.2 Å². The van der Waals surface area contributed by atoms with E-state index in [0.29, 0.717) is 17.4 Å². The van der Waals surface area contributed by atoms with E-state index in [1.165, 1.54) is 238 Å². The second kappa shape index (κ2) is 72.0. The van der Waals surface area contributed by atoms with Gasteiger partial charge in [-0.3, -0.25) is 9.59 Å². The van der Waals surface area contributed by atoms with Crippen LogP contribution in [-0.4, -0.2) is 82.3 Å². The normalized spacial score (nSPS) is 13.2. The SMILES string of the molecule is CC/C=C\C/C=C\C/C=C\C/C=C\C/C=C\CCCCCCCCCCCCCCCCCCCCCCCCCCCC(=O)OC(COC(=O)CCCCCCCCCCCC/C=C\C/C=C\C/C=C\CCCCCCC)COC(OCC[N+](C)(C)C)C(=O)[O-]. The Hall–Kier alpha value is -3.79. The lowest BCUT2D eigenvalue weighted by Crippen LogP contribution is -2.44. The van der Waals surface area contributed by atoms with Gasteiger partial charge in [-0.05, 0) is 96.3 Å². The Morgan fingerprint density at radius 2 is 0.626 bits per heavy atom. The Kier molecular flexibility index (Phi) is 69.0. The fourth-order valence-corrected chi connectivity index (χ4v) is 11.0. The second-order valence-electron chi connectivity index (χ2n) is 26.9. The van der Waals surface area contributed by atoms with Crippen LogP contribution in [-0.2, 0) is 33.3 Å². The molecule has 0 aromatic heterocycles. The Morgan fingerprint density at radius 3 is 0.934 bits per heavy atom. The molecule has 91 heavy (non-hydrogen) atoms. The highest BCUT2D eigenvalue weighted by Crippen LogP contribution is 2.18. The van der Waals surface area contributed by atoms with Crippen molar-refractivity contribution in [2.45, 2.75) is 360 Å². The third-order valence-electron chi connectivity index (χ3n) is 16.8. The molecule has 0 aliphatic carbocycles. The van der Waals surface area contributed by atoms with Crippen LogP contribution < -0.4 is 5.11 Å².